The standard InChI is InChI=1S/C37H52O10/c1-34(2,3)24-17-23(18-25(29(24)41-11)35(4,5)6)44-33(40)27(39)19-26(38)30-32(47-37(9,10)46-30)31(28-21-43-36(7,8)45-28)42-20-22-15-13-12-14-16-22/h12-18,26,28,30-32,38H,19-21H2,1-11H3/t26?,28-,30+,31-,32-/m1/s1. The van der Waals surface area contributed by atoms with Gasteiger partial charge in [0.15, 0.2) is 11.6 Å². The third kappa shape index (κ3) is 9.19. The van der Waals surface area contributed by atoms with Crippen molar-refractivity contribution in [1.82, 2.24) is 0 Å². The quantitative estimate of drug-likeness (QED) is 0.181. The van der Waals surface area contributed by atoms with Gasteiger partial charge in [0.1, 0.15) is 35.9 Å². The lowest BCUT2D eigenvalue weighted by Crippen LogP contribution is -2.50. The van der Waals surface area contributed by atoms with Crippen LogP contribution >= 0.6 is 0 Å². The van der Waals surface area contributed by atoms with Gasteiger partial charge >= 0.3 is 5.97 Å². The Hall–Kier alpha value is -2.86. The number of methoxy groups -OCH3 is 1. The van der Waals surface area contributed by atoms with Gasteiger partial charge in [-0.3, -0.25) is 4.79 Å². The second-order valence-electron chi connectivity index (χ2n) is 15.3. The van der Waals surface area contributed by atoms with Gasteiger partial charge in [0, 0.05) is 17.5 Å². The Morgan fingerprint density at radius 3 is 1.98 bits per heavy atom. The molecule has 2 heterocycles. The summed E-state index contributed by atoms with van der Waals surface area (Å²) in [5.41, 5.74) is 1.95. The summed E-state index contributed by atoms with van der Waals surface area (Å²) in [6, 6.07) is 13.1. The molecule has 0 saturated carbocycles. The monoisotopic (exact) mass is 656 g/mol. The first kappa shape index (κ1) is 37.0. The molecule has 4 rings (SSSR count). The Balaban J connectivity index is 1.54. The number of aliphatic hydroxyl groups is 1. The zero-order valence-electron chi connectivity index (χ0n) is 29.7. The first-order valence-corrected chi connectivity index (χ1v) is 16.2. The lowest BCUT2D eigenvalue weighted by molar-refractivity contribution is -0.190. The van der Waals surface area contributed by atoms with Crippen LogP contribution in [0.2, 0.25) is 0 Å². The molecule has 0 amide bonds. The fourth-order valence-electron chi connectivity index (χ4n) is 5.98. The average molecular weight is 657 g/mol. The van der Waals surface area contributed by atoms with E-state index in [1.54, 1.807) is 33.1 Å². The molecule has 2 saturated heterocycles. The first-order valence-electron chi connectivity index (χ1n) is 16.2. The van der Waals surface area contributed by atoms with Gasteiger partial charge in [-0.1, -0.05) is 71.9 Å². The molecular formula is C37H52O10. The van der Waals surface area contributed by atoms with Crippen molar-refractivity contribution in [2.24, 2.45) is 0 Å². The van der Waals surface area contributed by atoms with E-state index in [0.717, 1.165) is 16.7 Å². The van der Waals surface area contributed by atoms with Crippen molar-refractivity contribution in [3.05, 3.63) is 59.2 Å². The molecule has 1 unspecified atom stereocenters. The van der Waals surface area contributed by atoms with Gasteiger partial charge < -0.3 is 38.3 Å². The van der Waals surface area contributed by atoms with E-state index in [4.69, 9.17) is 33.2 Å². The SMILES string of the molecule is COc1c(C(C)(C)C)cc(OC(=O)C(=O)CC(O)[C@@H]2OC(C)(C)O[C@H]2[C@H](OCc2ccccc2)[C@H]2COC(C)(C)O2)cc1C(C)(C)C. The predicted molar refractivity (Wildman–Crippen MR) is 175 cm³/mol. The van der Waals surface area contributed by atoms with Gasteiger partial charge in [-0.25, -0.2) is 4.79 Å². The summed E-state index contributed by atoms with van der Waals surface area (Å²) in [7, 11) is 1.61. The molecule has 0 spiro atoms. The second-order valence-corrected chi connectivity index (χ2v) is 15.3. The number of carbonyl (C=O) groups is 2. The van der Waals surface area contributed by atoms with E-state index in [0.29, 0.717) is 5.75 Å². The smallest absolute Gasteiger partial charge is 0.380 e. The highest BCUT2D eigenvalue weighted by atomic mass is 16.8. The van der Waals surface area contributed by atoms with Crippen LogP contribution in [0.5, 0.6) is 11.5 Å². The molecule has 10 nitrogen and oxygen atoms in total. The molecule has 2 aliphatic rings. The Labute approximate surface area is 279 Å². The third-order valence-corrected chi connectivity index (χ3v) is 8.26. The fraction of sp³-hybridized carbons (Fsp3) is 0.622. The van der Waals surface area contributed by atoms with Gasteiger partial charge in [-0.2, -0.15) is 0 Å². The fourth-order valence-corrected chi connectivity index (χ4v) is 5.98. The van der Waals surface area contributed by atoms with E-state index in [1.807, 2.05) is 85.7 Å². The molecule has 10 heteroatoms. The maximum Gasteiger partial charge on any atom is 0.380 e. The van der Waals surface area contributed by atoms with Gasteiger partial charge in [0.25, 0.3) is 0 Å². The number of benzene rings is 2. The number of ether oxygens (including phenoxy) is 7. The summed E-state index contributed by atoms with van der Waals surface area (Å²) in [4.78, 5) is 26.4. The molecule has 2 aromatic carbocycles. The minimum Gasteiger partial charge on any atom is -0.496 e. The van der Waals surface area contributed by atoms with E-state index >= 15 is 0 Å². The van der Waals surface area contributed by atoms with Crippen molar-refractivity contribution >= 4 is 11.8 Å². The van der Waals surface area contributed by atoms with Crippen LogP contribution in [-0.4, -0.2) is 72.7 Å². The molecule has 5 atom stereocenters. The van der Waals surface area contributed by atoms with Crippen molar-refractivity contribution in [1.29, 1.82) is 0 Å². The zero-order valence-corrected chi connectivity index (χ0v) is 29.7. The van der Waals surface area contributed by atoms with E-state index in [-0.39, 0.29) is 29.8 Å². The molecule has 0 radical (unpaired) electrons. The summed E-state index contributed by atoms with van der Waals surface area (Å²) in [6.07, 6.45) is -5.10. The van der Waals surface area contributed by atoms with Crippen LogP contribution in [0.4, 0.5) is 0 Å². The number of hydrogen-bond acceptors (Lipinski definition) is 10. The lowest BCUT2D eigenvalue weighted by Gasteiger charge is -2.32. The van der Waals surface area contributed by atoms with Crippen LogP contribution in [0.3, 0.4) is 0 Å². The summed E-state index contributed by atoms with van der Waals surface area (Å²) in [5, 5.41) is 11.4. The van der Waals surface area contributed by atoms with Gasteiger partial charge in [-0.15, -0.1) is 0 Å². The summed E-state index contributed by atoms with van der Waals surface area (Å²) in [5.74, 6) is -3.01. The Morgan fingerprint density at radius 2 is 1.47 bits per heavy atom. The normalized spacial score (nSPS) is 23.7. The first-order chi connectivity index (χ1) is 21.7. The van der Waals surface area contributed by atoms with Gasteiger partial charge in [0.2, 0.25) is 5.78 Å². The number of rotatable bonds is 11. The topological polar surface area (TPSA) is 119 Å². The van der Waals surface area contributed by atoms with Crippen molar-refractivity contribution in [2.75, 3.05) is 13.7 Å². The molecule has 2 fully saturated rings. The van der Waals surface area contributed by atoms with Crippen LogP contribution in [0, 0.1) is 0 Å². The molecule has 0 bridgehead atoms. The predicted octanol–water partition coefficient (Wildman–Crippen LogP) is 5.77. The van der Waals surface area contributed by atoms with Gasteiger partial charge in [0.05, 0.1) is 26.4 Å². The number of aliphatic hydroxyl groups excluding tert-OH is 1. The third-order valence-electron chi connectivity index (χ3n) is 8.26. The molecule has 0 aliphatic carbocycles. The van der Waals surface area contributed by atoms with E-state index in [1.165, 1.54) is 0 Å². The largest absolute Gasteiger partial charge is 0.496 e. The lowest BCUT2D eigenvalue weighted by atomic mass is 9.79. The van der Waals surface area contributed by atoms with E-state index in [2.05, 4.69) is 0 Å². The van der Waals surface area contributed by atoms with Crippen molar-refractivity contribution < 1.29 is 47.9 Å². The summed E-state index contributed by atoms with van der Waals surface area (Å²) in [6.45, 7) is 19.7. The van der Waals surface area contributed by atoms with Crippen LogP contribution < -0.4 is 9.47 Å². The number of esters is 1. The summed E-state index contributed by atoms with van der Waals surface area (Å²) < 4.78 is 42.2. The maximum atomic E-state index is 13.3. The molecule has 1 N–H and O–H groups in total. The zero-order chi connectivity index (χ0) is 34.9. The Morgan fingerprint density at radius 1 is 0.894 bits per heavy atom. The Bertz CT molecular complexity index is 1370. The molecule has 2 aromatic rings. The highest BCUT2D eigenvalue weighted by molar-refractivity contribution is 6.34. The average Bonchev–Trinajstić information content (AvgIpc) is 3.49. The minimum absolute atomic E-state index is 0.225. The van der Waals surface area contributed by atoms with Crippen molar-refractivity contribution in [3.8, 4) is 11.5 Å². The highest BCUT2D eigenvalue weighted by Gasteiger charge is 2.53. The molecule has 2 aliphatic heterocycles. The number of ketones is 1. The van der Waals surface area contributed by atoms with Crippen LogP contribution in [0.25, 0.3) is 0 Å². The molecule has 0 aromatic heterocycles. The summed E-state index contributed by atoms with van der Waals surface area (Å²) >= 11 is 0. The highest BCUT2D eigenvalue weighted by Crippen LogP contribution is 2.43. The number of carbonyl (C=O) groups excluding carboxylic acids is 2. The maximum absolute atomic E-state index is 13.3. The van der Waals surface area contributed by atoms with Gasteiger partial charge in [-0.05, 0) is 56.2 Å². The molecule has 47 heavy (non-hydrogen) atoms. The number of hydrogen-bond donors (Lipinski definition) is 1. The van der Waals surface area contributed by atoms with E-state index in [9.17, 15) is 14.7 Å². The minimum atomic E-state index is -1.41. The molecule has 260 valence electrons. The molecular weight excluding hydrogens is 604 g/mol. The second kappa shape index (κ2) is 13.9. The van der Waals surface area contributed by atoms with Crippen LogP contribution in [0.1, 0.15) is 92.3 Å². The van der Waals surface area contributed by atoms with Crippen molar-refractivity contribution in [2.45, 2.75) is 135 Å². The number of Topliss-reactive ketones (excluding diaryl/α,β-unsaturated/α-hetero) is 1. The van der Waals surface area contributed by atoms with Crippen molar-refractivity contribution in [3.63, 3.8) is 0 Å². The Kier molecular flexibility index (Phi) is 11.0. The van der Waals surface area contributed by atoms with Crippen LogP contribution in [0.15, 0.2) is 42.5 Å². The van der Waals surface area contributed by atoms with Crippen LogP contribution in [-0.2, 0) is 50.7 Å². The van der Waals surface area contributed by atoms with E-state index < -0.39 is 60.3 Å².